The number of aryl methyl sites for hydroxylation is 1. The predicted molar refractivity (Wildman–Crippen MR) is 164 cm³/mol. The molecule has 45 heavy (non-hydrogen) atoms. The molecule has 0 fully saturated rings. The van der Waals surface area contributed by atoms with E-state index in [1.54, 1.807) is 0 Å². The van der Waals surface area contributed by atoms with Crippen molar-refractivity contribution in [3.8, 4) is 22.8 Å². The van der Waals surface area contributed by atoms with Gasteiger partial charge in [0.1, 0.15) is 30.4 Å². The van der Waals surface area contributed by atoms with E-state index < -0.39 is 18.3 Å². The van der Waals surface area contributed by atoms with E-state index in [1.807, 2.05) is 56.3 Å². The number of hydrogen-bond acceptors (Lipinski definition) is 6. The molecule has 2 heterocycles. The standard InChI is InChI=1S/C33H33F3N6O3/c1-19(2)26-14-5-20(3)15-27(26)29-28(43)17-37-31(29)40-32(44)39-21(4)16-22-6-8-23(9-7-22)30-38-18-42(41-30)24-10-12-25(13-11-24)45-33(34,35)36/h5-15,18-19,21,29H,16-17H2,1-4H3,(H2,37,39,40,44). The number of ketones is 1. The third kappa shape index (κ3) is 7.75. The van der Waals surface area contributed by atoms with Crippen molar-refractivity contribution in [3.63, 3.8) is 0 Å². The molecule has 0 spiro atoms. The van der Waals surface area contributed by atoms with Crippen molar-refractivity contribution < 1.29 is 27.5 Å². The molecule has 1 aromatic heterocycles. The number of hydrogen-bond donors (Lipinski definition) is 2. The van der Waals surface area contributed by atoms with E-state index in [-0.39, 0.29) is 30.0 Å². The van der Waals surface area contributed by atoms with E-state index >= 15 is 0 Å². The van der Waals surface area contributed by atoms with E-state index in [4.69, 9.17) is 0 Å². The molecule has 3 aromatic carbocycles. The molecule has 0 saturated heterocycles. The van der Waals surface area contributed by atoms with Gasteiger partial charge in [-0.05, 0) is 67.1 Å². The second-order valence-corrected chi connectivity index (χ2v) is 11.3. The van der Waals surface area contributed by atoms with Crippen LogP contribution < -0.4 is 15.4 Å². The van der Waals surface area contributed by atoms with Crippen molar-refractivity contribution in [2.45, 2.75) is 58.4 Å². The third-order valence-corrected chi connectivity index (χ3v) is 7.38. The van der Waals surface area contributed by atoms with Gasteiger partial charge in [0.25, 0.3) is 0 Å². The summed E-state index contributed by atoms with van der Waals surface area (Å²) >= 11 is 0. The van der Waals surface area contributed by atoms with Crippen LogP contribution in [0.15, 0.2) is 78.0 Å². The van der Waals surface area contributed by atoms with Crippen LogP contribution in [0.4, 0.5) is 18.0 Å². The Labute approximate surface area is 258 Å². The molecule has 5 rings (SSSR count). The Bertz CT molecular complexity index is 1710. The Morgan fingerprint density at radius 2 is 1.76 bits per heavy atom. The fourth-order valence-corrected chi connectivity index (χ4v) is 5.29. The second kappa shape index (κ2) is 12.9. The molecule has 0 bridgehead atoms. The maximum absolute atomic E-state index is 12.9. The van der Waals surface area contributed by atoms with Crippen molar-refractivity contribution in [2.75, 3.05) is 6.54 Å². The van der Waals surface area contributed by atoms with Gasteiger partial charge in [-0.2, -0.15) is 0 Å². The molecule has 0 saturated carbocycles. The number of carbonyl (C=O) groups excluding carboxylic acids is 2. The number of Topliss-reactive ketones (excluding diaryl/α,β-unsaturated/α-hetero) is 1. The molecule has 2 amide bonds. The highest BCUT2D eigenvalue weighted by atomic mass is 19.4. The number of amides is 2. The Balaban J connectivity index is 1.17. The number of ether oxygens (including phenoxy) is 1. The van der Waals surface area contributed by atoms with Crippen LogP contribution in [-0.2, 0) is 11.2 Å². The first-order chi connectivity index (χ1) is 21.4. The number of nitrogens with one attached hydrogen (secondary N) is 2. The number of nitrogens with zero attached hydrogens (tertiary/aromatic N) is 4. The highest BCUT2D eigenvalue weighted by Crippen LogP contribution is 2.31. The van der Waals surface area contributed by atoms with Crippen LogP contribution in [0.2, 0.25) is 0 Å². The third-order valence-electron chi connectivity index (χ3n) is 7.38. The summed E-state index contributed by atoms with van der Waals surface area (Å²) in [4.78, 5) is 34.4. The van der Waals surface area contributed by atoms with Gasteiger partial charge in [-0.3, -0.25) is 15.1 Å². The maximum atomic E-state index is 12.9. The number of benzene rings is 3. The fraction of sp³-hybridized carbons (Fsp3) is 0.303. The minimum absolute atomic E-state index is 0.0317. The highest BCUT2D eigenvalue weighted by Gasteiger charge is 2.34. The van der Waals surface area contributed by atoms with Gasteiger partial charge in [0.15, 0.2) is 11.6 Å². The van der Waals surface area contributed by atoms with Crippen molar-refractivity contribution in [3.05, 3.63) is 95.3 Å². The number of alkyl halides is 3. The Kier molecular flexibility index (Phi) is 9.03. The van der Waals surface area contributed by atoms with Crippen molar-refractivity contribution in [1.82, 2.24) is 25.4 Å². The lowest BCUT2D eigenvalue weighted by molar-refractivity contribution is -0.274. The molecule has 2 atom stereocenters. The summed E-state index contributed by atoms with van der Waals surface area (Å²) in [5.74, 6) is 0.0499. The summed E-state index contributed by atoms with van der Waals surface area (Å²) in [6.07, 6.45) is -2.74. The van der Waals surface area contributed by atoms with Crippen LogP contribution in [0, 0.1) is 6.92 Å². The van der Waals surface area contributed by atoms with Gasteiger partial charge in [-0.25, -0.2) is 14.5 Å². The van der Waals surface area contributed by atoms with Gasteiger partial charge in [0.05, 0.1) is 5.69 Å². The van der Waals surface area contributed by atoms with Crippen LogP contribution in [0.5, 0.6) is 5.75 Å². The Hall–Kier alpha value is -5.00. The van der Waals surface area contributed by atoms with Gasteiger partial charge in [-0.1, -0.05) is 61.9 Å². The van der Waals surface area contributed by atoms with Crippen LogP contribution in [-0.4, -0.2) is 51.4 Å². The van der Waals surface area contributed by atoms with Crippen LogP contribution in [0.25, 0.3) is 17.1 Å². The lowest BCUT2D eigenvalue weighted by atomic mass is 9.85. The molecular weight excluding hydrogens is 585 g/mol. The number of halogens is 3. The van der Waals surface area contributed by atoms with Gasteiger partial charge in [-0.15, -0.1) is 18.3 Å². The first-order valence-electron chi connectivity index (χ1n) is 14.5. The van der Waals surface area contributed by atoms with Crippen molar-refractivity contribution >= 4 is 17.6 Å². The SMILES string of the molecule is Cc1ccc(C(C)C)c(C2C(=O)CN=C2NC(=O)NC(C)Cc2ccc(-c3ncn(-c4ccc(OC(F)(F)F)cc4)n3)cc2)c1. The van der Waals surface area contributed by atoms with Crippen molar-refractivity contribution in [1.29, 1.82) is 0 Å². The predicted octanol–water partition coefficient (Wildman–Crippen LogP) is 6.26. The number of carbonyl (C=O) groups is 2. The normalized spacial score (nSPS) is 15.6. The van der Waals surface area contributed by atoms with E-state index in [1.165, 1.54) is 35.3 Å². The zero-order valence-corrected chi connectivity index (χ0v) is 25.2. The zero-order valence-electron chi connectivity index (χ0n) is 25.2. The first-order valence-corrected chi connectivity index (χ1v) is 14.5. The number of aliphatic imine (C=N–C) groups is 1. The lowest BCUT2D eigenvalue weighted by Gasteiger charge is -2.21. The monoisotopic (exact) mass is 618 g/mol. The van der Waals surface area contributed by atoms with Gasteiger partial charge in [0, 0.05) is 11.6 Å². The topological polar surface area (TPSA) is 110 Å². The minimum atomic E-state index is -4.76. The summed E-state index contributed by atoms with van der Waals surface area (Å²) in [6.45, 7) is 8.04. The Morgan fingerprint density at radius 3 is 2.42 bits per heavy atom. The molecule has 0 aliphatic carbocycles. The molecule has 4 aromatic rings. The molecule has 0 radical (unpaired) electrons. The van der Waals surface area contributed by atoms with Gasteiger partial charge >= 0.3 is 12.4 Å². The first kappa shape index (κ1) is 31.4. The average molecular weight is 619 g/mol. The molecule has 9 nitrogen and oxygen atoms in total. The largest absolute Gasteiger partial charge is 0.573 e. The zero-order chi connectivity index (χ0) is 32.3. The summed E-state index contributed by atoms with van der Waals surface area (Å²) < 4.78 is 42.6. The number of amidine groups is 1. The van der Waals surface area contributed by atoms with E-state index in [9.17, 15) is 22.8 Å². The average Bonchev–Trinajstić information content (AvgIpc) is 3.60. The van der Waals surface area contributed by atoms with E-state index in [0.717, 1.165) is 27.8 Å². The van der Waals surface area contributed by atoms with Crippen molar-refractivity contribution in [2.24, 2.45) is 4.99 Å². The summed E-state index contributed by atoms with van der Waals surface area (Å²) in [6, 6.07) is 18.3. The van der Waals surface area contributed by atoms with Crippen LogP contribution >= 0.6 is 0 Å². The molecule has 1 aliphatic heterocycles. The maximum Gasteiger partial charge on any atom is 0.573 e. The summed E-state index contributed by atoms with van der Waals surface area (Å²) in [5, 5.41) is 10.2. The number of urea groups is 1. The second-order valence-electron chi connectivity index (χ2n) is 11.3. The molecule has 234 valence electrons. The van der Waals surface area contributed by atoms with Gasteiger partial charge in [0.2, 0.25) is 0 Å². The Morgan fingerprint density at radius 1 is 1.04 bits per heavy atom. The highest BCUT2D eigenvalue weighted by molar-refractivity contribution is 6.18. The molecule has 12 heteroatoms. The molecule has 2 N–H and O–H groups in total. The number of rotatable bonds is 8. The van der Waals surface area contributed by atoms with E-state index in [0.29, 0.717) is 23.8 Å². The fourth-order valence-electron chi connectivity index (χ4n) is 5.29. The summed E-state index contributed by atoms with van der Waals surface area (Å²) in [7, 11) is 0. The summed E-state index contributed by atoms with van der Waals surface area (Å²) in [5.41, 5.74) is 5.22. The molecular formula is C33H33F3N6O3. The molecule has 2 unspecified atom stereocenters. The number of aromatic nitrogens is 3. The lowest BCUT2D eigenvalue weighted by Crippen LogP contribution is -2.45. The van der Waals surface area contributed by atoms with Gasteiger partial charge < -0.3 is 10.1 Å². The quantitative estimate of drug-likeness (QED) is 0.242. The molecule has 1 aliphatic rings. The van der Waals surface area contributed by atoms with Crippen LogP contribution in [0.3, 0.4) is 0 Å². The minimum Gasteiger partial charge on any atom is -0.406 e. The van der Waals surface area contributed by atoms with E-state index in [2.05, 4.69) is 44.3 Å². The smallest absolute Gasteiger partial charge is 0.406 e. The van der Waals surface area contributed by atoms with Crippen LogP contribution in [0.1, 0.15) is 54.9 Å².